The van der Waals surface area contributed by atoms with Gasteiger partial charge >= 0.3 is 0 Å². The van der Waals surface area contributed by atoms with Crippen LogP contribution >= 0.6 is 0 Å². The number of rotatable bonds is 5. The van der Waals surface area contributed by atoms with Gasteiger partial charge in [0.25, 0.3) is 0 Å². The van der Waals surface area contributed by atoms with Crippen LogP contribution in [0.2, 0.25) is 0 Å². The fraction of sp³-hybridized carbons (Fsp3) is 0.471. The van der Waals surface area contributed by atoms with Crippen molar-refractivity contribution in [3.8, 4) is 0 Å². The van der Waals surface area contributed by atoms with E-state index in [2.05, 4.69) is 40.5 Å². The SMILES string of the molecule is OCC1CCN(Cc2cnn(Cc3ccccc3)c2)CC1. The highest BCUT2D eigenvalue weighted by atomic mass is 16.3. The molecule has 0 bridgehead atoms. The highest BCUT2D eigenvalue weighted by molar-refractivity contribution is 5.15. The Labute approximate surface area is 126 Å². The normalized spacial score (nSPS) is 17.2. The molecule has 0 saturated carbocycles. The number of hydrogen-bond acceptors (Lipinski definition) is 3. The van der Waals surface area contributed by atoms with Crippen molar-refractivity contribution in [1.82, 2.24) is 14.7 Å². The first-order valence-corrected chi connectivity index (χ1v) is 7.72. The van der Waals surface area contributed by atoms with E-state index in [1.165, 1.54) is 11.1 Å². The molecular weight excluding hydrogens is 262 g/mol. The molecule has 1 aliphatic rings. The van der Waals surface area contributed by atoms with Gasteiger partial charge in [-0.15, -0.1) is 0 Å². The zero-order valence-electron chi connectivity index (χ0n) is 12.4. The Hall–Kier alpha value is -1.65. The van der Waals surface area contributed by atoms with Crippen LogP contribution in [0.1, 0.15) is 24.0 Å². The van der Waals surface area contributed by atoms with E-state index in [0.29, 0.717) is 12.5 Å². The first-order chi connectivity index (χ1) is 10.3. The minimum Gasteiger partial charge on any atom is -0.396 e. The molecule has 4 heteroatoms. The molecule has 0 radical (unpaired) electrons. The maximum Gasteiger partial charge on any atom is 0.0659 e. The van der Waals surface area contributed by atoms with Gasteiger partial charge in [-0.2, -0.15) is 5.10 Å². The molecule has 2 heterocycles. The molecule has 0 aliphatic carbocycles. The monoisotopic (exact) mass is 285 g/mol. The minimum atomic E-state index is 0.336. The van der Waals surface area contributed by atoms with Gasteiger partial charge in [0, 0.05) is 24.9 Å². The maximum absolute atomic E-state index is 9.18. The number of aromatic nitrogens is 2. The molecule has 1 fully saturated rings. The smallest absolute Gasteiger partial charge is 0.0659 e. The van der Waals surface area contributed by atoms with Crippen molar-refractivity contribution in [2.45, 2.75) is 25.9 Å². The van der Waals surface area contributed by atoms with E-state index in [9.17, 15) is 5.11 Å². The molecule has 0 spiro atoms. The number of nitrogens with zero attached hydrogens (tertiary/aromatic N) is 3. The van der Waals surface area contributed by atoms with Crippen LogP contribution in [0.25, 0.3) is 0 Å². The van der Waals surface area contributed by atoms with Gasteiger partial charge in [0.2, 0.25) is 0 Å². The lowest BCUT2D eigenvalue weighted by atomic mass is 9.98. The Morgan fingerprint density at radius 2 is 1.81 bits per heavy atom. The van der Waals surface area contributed by atoms with E-state index in [1.807, 2.05) is 16.9 Å². The van der Waals surface area contributed by atoms with Gasteiger partial charge in [-0.25, -0.2) is 0 Å². The summed E-state index contributed by atoms with van der Waals surface area (Å²) in [6.07, 6.45) is 6.33. The number of piperidine rings is 1. The third kappa shape index (κ3) is 3.93. The van der Waals surface area contributed by atoms with E-state index >= 15 is 0 Å². The van der Waals surface area contributed by atoms with Crippen molar-refractivity contribution in [2.24, 2.45) is 5.92 Å². The third-order valence-corrected chi connectivity index (χ3v) is 4.25. The summed E-state index contributed by atoms with van der Waals surface area (Å²) in [5, 5.41) is 13.6. The molecule has 0 unspecified atom stereocenters. The summed E-state index contributed by atoms with van der Waals surface area (Å²) in [6.45, 7) is 4.29. The molecule has 1 N–H and O–H groups in total. The summed E-state index contributed by atoms with van der Waals surface area (Å²) in [4.78, 5) is 2.45. The lowest BCUT2D eigenvalue weighted by Crippen LogP contribution is -2.34. The van der Waals surface area contributed by atoms with Crippen LogP contribution in [-0.4, -0.2) is 39.5 Å². The Balaban J connectivity index is 1.53. The van der Waals surface area contributed by atoms with Crippen molar-refractivity contribution in [1.29, 1.82) is 0 Å². The van der Waals surface area contributed by atoms with E-state index in [0.717, 1.165) is 39.0 Å². The van der Waals surface area contributed by atoms with Crippen molar-refractivity contribution in [3.63, 3.8) is 0 Å². The highest BCUT2D eigenvalue weighted by Crippen LogP contribution is 2.18. The summed E-state index contributed by atoms with van der Waals surface area (Å²) < 4.78 is 2.01. The number of aliphatic hydroxyl groups is 1. The van der Waals surface area contributed by atoms with Gasteiger partial charge in [0.15, 0.2) is 0 Å². The van der Waals surface area contributed by atoms with Crippen LogP contribution < -0.4 is 0 Å². The summed E-state index contributed by atoms with van der Waals surface area (Å²) in [6, 6.07) is 10.4. The van der Waals surface area contributed by atoms with Crippen LogP contribution in [0.5, 0.6) is 0 Å². The third-order valence-electron chi connectivity index (χ3n) is 4.25. The molecule has 1 aromatic heterocycles. The predicted molar refractivity (Wildman–Crippen MR) is 82.9 cm³/mol. The molecule has 112 valence electrons. The van der Waals surface area contributed by atoms with E-state index < -0.39 is 0 Å². The van der Waals surface area contributed by atoms with Gasteiger partial charge < -0.3 is 5.11 Å². The van der Waals surface area contributed by atoms with E-state index in [-0.39, 0.29) is 0 Å². The topological polar surface area (TPSA) is 41.3 Å². The minimum absolute atomic E-state index is 0.336. The van der Waals surface area contributed by atoms with Gasteiger partial charge in [-0.3, -0.25) is 9.58 Å². The largest absolute Gasteiger partial charge is 0.396 e. The quantitative estimate of drug-likeness (QED) is 0.915. The molecule has 0 amide bonds. The number of aliphatic hydroxyl groups excluding tert-OH is 1. The van der Waals surface area contributed by atoms with E-state index in [4.69, 9.17) is 0 Å². The Morgan fingerprint density at radius 3 is 2.52 bits per heavy atom. The number of likely N-dealkylation sites (tertiary alicyclic amines) is 1. The summed E-state index contributed by atoms with van der Waals surface area (Å²) in [5.41, 5.74) is 2.55. The fourth-order valence-electron chi connectivity index (χ4n) is 2.93. The van der Waals surface area contributed by atoms with Gasteiger partial charge in [0.05, 0.1) is 12.7 Å². The number of hydrogen-bond donors (Lipinski definition) is 1. The summed E-state index contributed by atoms with van der Waals surface area (Å²) in [7, 11) is 0. The lowest BCUT2D eigenvalue weighted by Gasteiger charge is -2.30. The highest BCUT2D eigenvalue weighted by Gasteiger charge is 2.18. The molecule has 3 rings (SSSR count). The summed E-state index contributed by atoms with van der Waals surface area (Å²) in [5.74, 6) is 0.502. The van der Waals surface area contributed by atoms with Crippen LogP contribution in [0.3, 0.4) is 0 Å². The molecule has 1 aromatic carbocycles. The van der Waals surface area contributed by atoms with Gasteiger partial charge in [-0.05, 0) is 37.4 Å². The van der Waals surface area contributed by atoms with Crippen LogP contribution in [0.15, 0.2) is 42.7 Å². The van der Waals surface area contributed by atoms with E-state index in [1.54, 1.807) is 0 Å². The molecule has 0 atom stereocenters. The second kappa shape index (κ2) is 6.87. The second-order valence-electron chi connectivity index (χ2n) is 5.93. The standard InChI is InChI=1S/C17H23N3O/c21-14-16-6-8-19(9-7-16)11-17-10-18-20(13-17)12-15-4-2-1-3-5-15/h1-5,10,13,16,21H,6-9,11-12,14H2. The molecule has 1 saturated heterocycles. The Morgan fingerprint density at radius 1 is 1.05 bits per heavy atom. The lowest BCUT2D eigenvalue weighted by molar-refractivity contribution is 0.127. The van der Waals surface area contributed by atoms with Crippen molar-refractivity contribution < 1.29 is 5.11 Å². The predicted octanol–water partition coefficient (Wildman–Crippen LogP) is 2.14. The molecule has 21 heavy (non-hydrogen) atoms. The Kier molecular flexibility index (Phi) is 4.68. The molecule has 2 aromatic rings. The molecule has 4 nitrogen and oxygen atoms in total. The zero-order valence-corrected chi connectivity index (χ0v) is 12.4. The fourth-order valence-corrected chi connectivity index (χ4v) is 2.93. The Bertz CT molecular complexity index is 544. The van der Waals surface area contributed by atoms with Crippen molar-refractivity contribution in [2.75, 3.05) is 19.7 Å². The van der Waals surface area contributed by atoms with Gasteiger partial charge in [-0.1, -0.05) is 30.3 Å². The maximum atomic E-state index is 9.18. The average Bonchev–Trinajstić information content (AvgIpc) is 2.96. The van der Waals surface area contributed by atoms with Crippen LogP contribution in [0, 0.1) is 5.92 Å². The van der Waals surface area contributed by atoms with Crippen molar-refractivity contribution in [3.05, 3.63) is 53.9 Å². The average molecular weight is 285 g/mol. The number of benzene rings is 1. The first-order valence-electron chi connectivity index (χ1n) is 7.72. The van der Waals surface area contributed by atoms with Crippen LogP contribution in [-0.2, 0) is 13.1 Å². The van der Waals surface area contributed by atoms with Crippen molar-refractivity contribution >= 4 is 0 Å². The summed E-state index contributed by atoms with van der Waals surface area (Å²) >= 11 is 0. The molecule has 1 aliphatic heterocycles. The first kappa shape index (κ1) is 14.3. The zero-order chi connectivity index (χ0) is 14.5. The van der Waals surface area contributed by atoms with Gasteiger partial charge in [0.1, 0.15) is 0 Å². The van der Waals surface area contributed by atoms with Crippen LogP contribution in [0.4, 0.5) is 0 Å². The molecular formula is C17H23N3O. The second-order valence-corrected chi connectivity index (χ2v) is 5.93.